The molecular weight excluding hydrogens is 304 g/mol. The maximum Gasteiger partial charge on any atom is 0.337 e. The normalized spacial score (nSPS) is 11.9. The summed E-state index contributed by atoms with van der Waals surface area (Å²) in [5.74, 6) is 0.0665. The summed E-state index contributed by atoms with van der Waals surface area (Å²) in [6, 6.07) is 16.4. The quantitative estimate of drug-likeness (QED) is 0.676. The van der Waals surface area contributed by atoms with Gasteiger partial charge in [0.2, 0.25) is 5.82 Å². The van der Waals surface area contributed by atoms with E-state index in [1.54, 1.807) is 6.92 Å². The van der Waals surface area contributed by atoms with E-state index in [2.05, 4.69) is 15.4 Å². The fraction of sp³-hybridized carbons (Fsp3) is 0.222. The average molecular weight is 322 g/mol. The molecule has 0 amide bonds. The fourth-order valence-electron chi connectivity index (χ4n) is 2.37. The van der Waals surface area contributed by atoms with Crippen molar-refractivity contribution in [3.05, 3.63) is 65.7 Å². The Bertz CT molecular complexity index is 813. The highest BCUT2D eigenvalue weighted by Gasteiger charge is 2.27. The van der Waals surface area contributed by atoms with Gasteiger partial charge in [-0.3, -0.25) is 0 Å². The van der Waals surface area contributed by atoms with Crippen molar-refractivity contribution in [1.29, 1.82) is 0 Å². The number of hydrogen-bond acceptors (Lipinski definition) is 5. The number of esters is 1. The molecular formula is C18H18N4O2. The van der Waals surface area contributed by atoms with Crippen LogP contribution in [0.15, 0.2) is 54.6 Å². The molecule has 3 rings (SSSR count). The molecule has 0 aliphatic rings. The van der Waals surface area contributed by atoms with Crippen molar-refractivity contribution < 1.29 is 9.53 Å². The van der Waals surface area contributed by atoms with E-state index in [9.17, 15) is 4.79 Å². The predicted octanol–water partition coefficient (Wildman–Crippen LogP) is 2.80. The van der Waals surface area contributed by atoms with E-state index in [1.165, 1.54) is 4.80 Å². The number of carbonyl (C=O) groups is 1. The van der Waals surface area contributed by atoms with Gasteiger partial charge in [-0.15, -0.1) is 15.0 Å². The summed E-state index contributed by atoms with van der Waals surface area (Å²) in [5.41, 5.74) is 2.76. The van der Waals surface area contributed by atoms with E-state index < -0.39 is 12.0 Å². The van der Waals surface area contributed by atoms with Crippen molar-refractivity contribution in [2.75, 3.05) is 6.61 Å². The van der Waals surface area contributed by atoms with Gasteiger partial charge < -0.3 is 4.74 Å². The summed E-state index contributed by atoms with van der Waals surface area (Å²) in [6.07, 6.45) is 0. The van der Waals surface area contributed by atoms with E-state index in [1.807, 2.05) is 61.5 Å². The van der Waals surface area contributed by atoms with E-state index in [4.69, 9.17) is 4.74 Å². The maximum atomic E-state index is 12.4. The van der Waals surface area contributed by atoms with Gasteiger partial charge in [-0.1, -0.05) is 60.2 Å². The Kier molecular flexibility index (Phi) is 4.65. The molecule has 0 aliphatic heterocycles. The standard InChI is InChI=1S/C18H18N4O2/c1-3-24-18(23)16(14-7-5-4-6-8-14)22-20-17(19-21-22)15-11-9-13(2)10-12-15/h4-12,16H,3H2,1-2H3. The maximum absolute atomic E-state index is 12.4. The number of ether oxygens (including phenoxy) is 1. The second-order valence-electron chi connectivity index (χ2n) is 5.36. The molecule has 0 N–H and O–H groups in total. The number of tetrazole rings is 1. The third-order valence-corrected chi connectivity index (χ3v) is 3.59. The summed E-state index contributed by atoms with van der Waals surface area (Å²) in [4.78, 5) is 13.7. The average Bonchev–Trinajstić information content (AvgIpc) is 3.06. The Morgan fingerprint density at radius 3 is 2.50 bits per heavy atom. The van der Waals surface area contributed by atoms with E-state index >= 15 is 0 Å². The highest BCUT2D eigenvalue weighted by atomic mass is 16.5. The second kappa shape index (κ2) is 7.04. The molecule has 6 heteroatoms. The van der Waals surface area contributed by atoms with Crippen LogP contribution < -0.4 is 0 Å². The third kappa shape index (κ3) is 3.32. The molecule has 122 valence electrons. The summed E-state index contributed by atoms with van der Waals surface area (Å²) in [7, 11) is 0. The van der Waals surface area contributed by atoms with Crippen molar-refractivity contribution in [2.24, 2.45) is 0 Å². The summed E-state index contributed by atoms with van der Waals surface area (Å²) < 4.78 is 5.18. The Morgan fingerprint density at radius 2 is 1.83 bits per heavy atom. The second-order valence-corrected chi connectivity index (χ2v) is 5.36. The van der Waals surface area contributed by atoms with Crippen molar-refractivity contribution in [3.63, 3.8) is 0 Å². The largest absolute Gasteiger partial charge is 0.464 e. The molecule has 0 bridgehead atoms. The molecule has 1 heterocycles. The molecule has 3 aromatic rings. The molecule has 0 aliphatic carbocycles. The zero-order chi connectivity index (χ0) is 16.9. The lowest BCUT2D eigenvalue weighted by Crippen LogP contribution is -2.25. The van der Waals surface area contributed by atoms with Crippen LogP contribution in [0.3, 0.4) is 0 Å². The van der Waals surface area contributed by atoms with Gasteiger partial charge in [0.15, 0.2) is 6.04 Å². The van der Waals surface area contributed by atoms with Gasteiger partial charge in [-0.05, 0) is 24.6 Å². The van der Waals surface area contributed by atoms with Crippen LogP contribution in [0.1, 0.15) is 24.1 Å². The predicted molar refractivity (Wildman–Crippen MR) is 89.2 cm³/mol. The molecule has 1 unspecified atom stereocenters. The van der Waals surface area contributed by atoms with Crippen LogP contribution >= 0.6 is 0 Å². The number of aryl methyl sites for hydroxylation is 1. The van der Waals surface area contributed by atoms with Gasteiger partial charge in [-0.25, -0.2) is 4.79 Å². The molecule has 1 aromatic heterocycles. The highest BCUT2D eigenvalue weighted by Crippen LogP contribution is 2.20. The lowest BCUT2D eigenvalue weighted by molar-refractivity contribution is -0.146. The monoisotopic (exact) mass is 322 g/mol. The van der Waals surface area contributed by atoms with E-state index in [0.717, 1.165) is 16.7 Å². The first-order chi connectivity index (χ1) is 11.7. The first-order valence-electron chi connectivity index (χ1n) is 7.77. The molecule has 0 saturated carbocycles. The minimum atomic E-state index is -0.752. The molecule has 0 spiro atoms. The molecule has 0 radical (unpaired) electrons. The van der Waals surface area contributed by atoms with Gasteiger partial charge in [0.05, 0.1) is 6.61 Å². The fourth-order valence-corrected chi connectivity index (χ4v) is 2.37. The summed E-state index contributed by atoms with van der Waals surface area (Å²) in [6.45, 7) is 4.08. The van der Waals surface area contributed by atoms with E-state index in [-0.39, 0.29) is 0 Å². The number of benzene rings is 2. The van der Waals surface area contributed by atoms with Gasteiger partial charge in [-0.2, -0.15) is 0 Å². The lowest BCUT2D eigenvalue weighted by Gasteiger charge is -2.14. The van der Waals surface area contributed by atoms with Crippen LogP contribution in [-0.2, 0) is 9.53 Å². The number of rotatable bonds is 5. The Hall–Kier alpha value is -3.02. The van der Waals surface area contributed by atoms with Crippen molar-refractivity contribution in [1.82, 2.24) is 20.2 Å². The zero-order valence-corrected chi connectivity index (χ0v) is 13.6. The molecule has 0 fully saturated rings. The summed E-state index contributed by atoms with van der Waals surface area (Å²) >= 11 is 0. The van der Waals surface area contributed by atoms with Crippen LogP contribution in [0.2, 0.25) is 0 Å². The minimum Gasteiger partial charge on any atom is -0.464 e. The molecule has 1 atom stereocenters. The highest BCUT2D eigenvalue weighted by molar-refractivity contribution is 5.77. The zero-order valence-electron chi connectivity index (χ0n) is 13.6. The van der Waals surface area contributed by atoms with Crippen LogP contribution in [0.5, 0.6) is 0 Å². The molecule has 24 heavy (non-hydrogen) atoms. The van der Waals surface area contributed by atoms with Crippen LogP contribution in [0.25, 0.3) is 11.4 Å². The first kappa shape index (κ1) is 15.9. The molecule has 2 aromatic carbocycles. The van der Waals surface area contributed by atoms with Crippen molar-refractivity contribution in [2.45, 2.75) is 19.9 Å². The van der Waals surface area contributed by atoms with Crippen LogP contribution in [0, 0.1) is 6.92 Å². The summed E-state index contributed by atoms with van der Waals surface area (Å²) in [5, 5.41) is 12.5. The van der Waals surface area contributed by atoms with E-state index in [0.29, 0.717) is 12.4 Å². The Balaban J connectivity index is 1.97. The van der Waals surface area contributed by atoms with Gasteiger partial charge >= 0.3 is 5.97 Å². The lowest BCUT2D eigenvalue weighted by atomic mass is 10.1. The SMILES string of the molecule is CCOC(=O)C(c1ccccc1)n1nnc(-c2ccc(C)cc2)n1. The van der Waals surface area contributed by atoms with Gasteiger partial charge in [0.25, 0.3) is 0 Å². The number of aromatic nitrogens is 4. The van der Waals surface area contributed by atoms with Crippen LogP contribution in [0.4, 0.5) is 0 Å². The molecule has 6 nitrogen and oxygen atoms in total. The van der Waals surface area contributed by atoms with Crippen LogP contribution in [-0.4, -0.2) is 32.8 Å². The number of hydrogen-bond donors (Lipinski definition) is 0. The number of carbonyl (C=O) groups excluding carboxylic acids is 1. The van der Waals surface area contributed by atoms with Crippen molar-refractivity contribution >= 4 is 5.97 Å². The van der Waals surface area contributed by atoms with Crippen molar-refractivity contribution in [3.8, 4) is 11.4 Å². The first-order valence-corrected chi connectivity index (χ1v) is 7.77. The topological polar surface area (TPSA) is 69.9 Å². The minimum absolute atomic E-state index is 0.293. The smallest absolute Gasteiger partial charge is 0.337 e. The Morgan fingerprint density at radius 1 is 1.12 bits per heavy atom. The number of nitrogens with zero attached hydrogens (tertiary/aromatic N) is 4. The third-order valence-electron chi connectivity index (χ3n) is 3.59. The van der Waals surface area contributed by atoms with Gasteiger partial charge in [0.1, 0.15) is 0 Å². The van der Waals surface area contributed by atoms with Gasteiger partial charge in [0, 0.05) is 5.56 Å². The molecule has 0 saturated heterocycles. The Labute approximate surface area is 140 Å².